The predicted octanol–water partition coefficient (Wildman–Crippen LogP) is 2.82. The van der Waals surface area contributed by atoms with Crippen molar-refractivity contribution < 1.29 is 14.3 Å². The van der Waals surface area contributed by atoms with Gasteiger partial charge in [-0.2, -0.15) is 11.8 Å². The molecule has 0 aliphatic heterocycles. The number of benzene rings is 1. The summed E-state index contributed by atoms with van der Waals surface area (Å²) in [6, 6.07) is 4.09. The fourth-order valence-electron chi connectivity index (χ4n) is 2.48. The Morgan fingerprint density at radius 1 is 1.36 bits per heavy atom. The second kappa shape index (κ2) is 7.70. The zero-order chi connectivity index (χ0) is 16.1. The number of carbonyl (C=O) groups excluding carboxylic acids is 1. The molecule has 0 fully saturated rings. The molecule has 0 saturated heterocycles. The summed E-state index contributed by atoms with van der Waals surface area (Å²) in [4.78, 5) is 12.2. The number of thioether (sulfide) groups is 1. The molecular formula is C17H23NO3S. The Kier molecular flexibility index (Phi) is 5.91. The van der Waals surface area contributed by atoms with Crippen LogP contribution in [0.3, 0.4) is 0 Å². The van der Waals surface area contributed by atoms with Gasteiger partial charge in [-0.1, -0.05) is 0 Å². The zero-order valence-corrected chi connectivity index (χ0v) is 14.1. The highest BCUT2D eigenvalue weighted by Gasteiger charge is 2.15. The highest BCUT2D eigenvalue weighted by atomic mass is 32.2. The molecule has 0 radical (unpaired) electrons. The molecule has 0 aliphatic rings. The van der Waals surface area contributed by atoms with E-state index >= 15 is 0 Å². The van der Waals surface area contributed by atoms with Gasteiger partial charge in [-0.3, -0.25) is 4.79 Å². The number of nitrogens with one attached hydrogen (secondary N) is 1. The third-order valence-corrected chi connectivity index (χ3v) is 4.57. The van der Waals surface area contributed by atoms with Crippen molar-refractivity contribution in [3.8, 4) is 0 Å². The quantitative estimate of drug-likeness (QED) is 0.823. The lowest BCUT2D eigenvalue weighted by Crippen LogP contribution is -2.38. The molecular weight excluding hydrogens is 298 g/mol. The Morgan fingerprint density at radius 3 is 2.77 bits per heavy atom. The fraction of sp³-hybridized carbons (Fsp3) is 0.471. The average Bonchev–Trinajstić information content (AvgIpc) is 2.82. The first-order chi connectivity index (χ1) is 10.5. The Labute approximate surface area is 135 Å². The van der Waals surface area contributed by atoms with Gasteiger partial charge in [0.25, 0.3) is 0 Å². The van der Waals surface area contributed by atoms with Crippen LogP contribution in [0.2, 0.25) is 0 Å². The van der Waals surface area contributed by atoms with Gasteiger partial charge in [0.15, 0.2) is 0 Å². The molecule has 1 unspecified atom stereocenters. The first kappa shape index (κ1) is 16.9. The monoisotopic (exact) mass is 321 g/mol. The van der Waals surface area contributed by atoms with E-state index in [1.165, 1.54) is 11.1 Å². The van der Waals surface area contributed by atoms with Gasteiger partial charge in [0, 0.05) is 29.4 Å². The van der Waals surface area contributed by atoms with E-state index in [0.717, 1.165) is 22.3 Å². The summed E-state index contributed by atoms with van der Waals surface area (Å²) in [5.74, 6) is 0.768. The first-order valence-corrected chi connectivity index (χ1v) is 8.81. The number of aliphatic hydroxyl groups is 1. The second-order valence-corrected chi connectivity index (χ2v) is 6.51. The van der Waals surface area contributed by atoms with Crippen molar-refractivity contribution in [1.82, 2.24) is 5.32 Å². The van der Waals surface area contributed by atoms with Crippen molar-refractivity contribution in [2.75, 3.05) is 18.6 Å². The molecule has 2 rings (SSSR count). The number of aliphatic hydroxyl groups excluding tert-OH is 1. The molecule has 1 aromatic carbocycles. The Hall–Kier alpha value is -1.46. The van der Waals surface area contributed by atoms with E-state index in [-0.39, 0.29) is 18.6 Å². The molecule has 2 N–H and O–H groups in total. The molecule has 0 bridgehead atoms. The minimum Gasteiger partial charge on any atom is -0.464 e. The normalized spacial score (nSPS) is 12.5. The SMILES string of the molecule is CSCC(CCO)NC(=O)Cc1coc2cc(C)c(C)cc12. The lowest BCUT2D eigenvalue weighted by Gasteiger charge is -2.16. The highest BCUT2D eigenvalue weighted by molar-refractivity contribution is 7.98. The molecule has 120 valence electrons. The van der Waals surface area contributed by atoms with Gasteiger partial charge in [-0.15, -0.1) is 0 Å². The molecule has 1 amide bonds. The van der Waals surface area contributed by atoms with Gasteiger partial charge in [0.2, 0.25) is 5.91 Å². The Morgan fingerprint density at radius 2 is 2.09 bits per heavy atom. The van der Waals surface area contributed by atoms with E-state index in [1.54, 1.807) is 18.0 Å². The number of hydrogen-bond acceptors (Lipinski definition) is 4. The topological polar surface area (TPSA) is 62.5 Å². The summed E-state index contributed by atoms with van der Waals surface area (Å²) in [6.45, 7) is 4.19. The molecule has 2 aromatic rings. The van der Waals surface area contributed by atoms with Gasteiger partial charge in [0.1, 0.15) is 5.58 Å². The third-order valence-electron chi connectivity index (χ3n) is 3.83. The summed E-state index contributed by atoms with van der Waals surface area (Å²) in [7, 11) is 0. The third kappa shape index (κ3) is 4.05. The summed E-state index contributed by atoms with van der Waals surface area (Å²) in [5, 5.41) is 13.0. The summed E-state index contributed by atoms with van der Waals surface area (Å²) in [6.07, 6.45) is 4.53. The van der Waals surface area contributed by atoms with E-state index in [0.29, 0.717) is 12.8 Å². The van der Waals surface area contributed by atoms with E-state index in [1.807, 2.05) is 19.2 Å². The van der Waals surface area contributed by atoms with Crippen LogP contribution in [-0.4, -0.2) is 35.7 Å². The molecule has 0 aliphatic carbocycles. The van der Waals surface area contributed by atoms with E-state index in [4.69, 9.17) is 9.52 Å². The van der Waals surface area contributed by atoms with Crippen molar-refractivity contribution in [1.29, 1.82) is 0 Å². The van der Waals surface area contributed by atoms with Crippen LogP contribution in [0.15, 0.2) is 22.8 Å². The standard InChI is InChI=1S/C17H23NO3S/c1-11-6-15-13(9-21-16(15)7-12(11)2)8-17(20)18-14(4-5-19)10-22-3/h6-7,9,14,19H,4-5,8,10H2,1-3H3,(H,18,20). The number of carbonyl (C=O) groups is 1. The van der Waals surface area contributed by atoms with E-state index in [9.17, 15) is 4.79 Å². The number of fused-ring (bicyclic) bond motifs is 1. The highest BCUT2D eigenvalue weighted by Crippen LogP contribution is 2.25. The number of amides is 1. The molecule has 0 spiro atoms. The van der Waals surface area contributed by atoms with Crippen LogP contribution < -0.4 is 5.32 Å². The van der Waals surface area contributed by atoms with Crippen LogP contribution in [0.1, 0.15) is 23.1 Å². The van der Waals surface area contributed by atoms with Crippen molar-refractivity contribution >= 4 is 28.6 Å². The van der Waals surface area contributed by atoms with Crippen molar-refractivity contribution in [3.63, 3.8) is 0 Å². The summed E-state index contributed by atoms with van der Waals surface area (Å²) < 4.78 is 5.56. The zero-order valence-electron chi connectivity index (χ0n) is 13.3. The fourth-order valence-corrected chi connectivity index (χ4v) is 3.13. The van der Waals surface area contributed by atoms with Crippen LogP contribution >= 0.6 is 11.8 Å². The maximum Gasteiger partial charge on any atom is 0.224 e. The minimum atomic E-state index is -0.0339. The van der Waals surface area contributed by atoms with Crippen molar-refractivity contribution in [2.45, 2.75) is 32.7 Å². The number of rotatable bonds is 7. The van der Waals surface area contributed by atoms with Gasteiger partial charge in [0.05, 0.1) is 12.7 Å². The second-order valence-electron chi connectivity index (χ2n) is 5.60. The lowest BCUT2D eigenvalue weighted by atomic mass is 10.0. The smallest absolute Gasteiger partial charge is 0.224 e. The molecule has 5 heteroatoms. The Balaban J connectivity index is 2.09. The van der Waals surface area contributed by atoms with Crippen LogP contribution in [0.4, 0.5) is 0 Å². The van der Waals surface area contributed by atoms with E-state index in [2.05, 4.69) is 18.3 Å². The van der Waals surface area contributed by atoms with Gasteiger partial charge >= 0.3 is 0 Å². The van der Waals surface area contributed by atoms with Crippen LogP contribution in [0.25, 0.3) is 11.0 Å². The predicted molar refractivity (Wildman–Crippen MR) is 91.4 cm³/mol. The Bertz CT molecular complexity index is 645. The van der Waals surface area contributed by atoms with Crippen LogP contribution in [0.5, 0.6) is 0 Å². The lowest BCUT2D eigenvalue weighted by molar-refractivity contribution is -0.121. The van der Waals surface area contributed by atoms with Gasteiger partial charge < -0.3 is 14.8 Å². The number of furan rings is 1. The largest absolute Gasteiger partial charge is 0.464 e. The number of hydrogen-bond donors (Lipinski definition) is 2. The molecule has 4 nitrogen and oxygen atoms in total. The molecule has 22 heavy (non-hydrogen) atoms. The molecule has 1 heterocycles. The minimum absolute atomic E-state index is 0.00893. The van der Waals surface area contributed by atoms with Crippen molar-refractivity contribution in [2.24, 2.45) is 0 Å². The summed E-state index contributed by atoms with van der Waals surface area (Å²) in [5.41, 5.74) is 4.10. The van der Waals surface area contributed by atoms with Crippen molar-refractivity contribution in [3.05, 3.63) is 35.1 Å². The average molecular weight is 321 g/mol. The maximum absolute atomic E-state index is 12.2. The summed E-state index contributed by atoms with van der Waals surface area (Å²) >= 11 is 1.66. The van der Waals surface area contributed by atoms with Crippen LogP contribution in [-0.2, 0) is 11.2 Å². The van der Waals surface area contributed by atoms with E-state index < -0.39 is 0 Å². The van der Waals surface area contributed by atoms with Gasteiger partial charge in [-0.25, -0.2) is 0 Å². The molecule has 0 saturated carbocycles. The van der Waals surface area contributed by atoms with Gasteiger partial charge in [-0.05, 0) is 49.8 Å². The molecule has 1 atom stereocenters. The number of aryl methyl sites for hydroxylation is 2. The first-order valence-electron chi connectivity index (χ1n) is 7.41. The van der Waals surface area contributed by atoms with Crippen LogP contribution in [0, 0.1) is 13.8 Å². The molecule has 1 aromatic heterocycles. The maximum atomic E-state index is 12.2.